The molecule has 1 heterocycles. The fourth-order valence-electron chi connectivity index (χ4n) is 4.50. The molecule has 0 N–H and O–H groups in total. The molecule has 0 amide bonds. The minimum atomic E-state index is -1.59. The maximum atomic E-state index is 7.50. The second kappa shape index (κ2) is 18.2. The van der Waals surface area contributed by atoms with Gasteiger partial charge >= 0.3 is 193 Å². The van der Waals surface area contributed by atoms with E-state index in [9.17, 15) is 0 Å². The van der Waals surface area contributed by atoms with Crippen LogP contribution in [0.3, 0.4) is 0 Å². The van der Waals surface area contributed by atoms with E-state index in [4.69, 9.17) is 21.9 Å². The molecule has 1 aromatic carbocycles. The minimum Gasteiger partial charge on any atom is -1.00 e. The third kappa shape index (κ3) is 9.29. The number of likely N-dealkylation sites (N-methyl/N-ethyl adjacent to an activating group) is 3. The van der Waals surface area contributed by atoms with Crippen molar-refractivity contribution in [2.45, 2.75) is 83.8 Å². The molecule has 1 aromatic rings. The standard InChI is InChI=1S/C19H32N3PS.C5H10.2CO.ClH.W/c1-7-20-15-19(24,21(8-2)16-20)22(9-3)23(18(4,5)6)17-13-11-10-12-14-17;1-2-4-5-3-1;2*1-2;;/h10-14,16H,7-9,15H2,1-6H3;1-5H2;;;1H;/p-1. The molecule has 2 aliphatic rings. The molecule has 1 aliphatic carbocycles. The van der Waals surface area contributed by atoms with Crippen LogP contribution in [0, 0.1) is 13.3 Å². The first-order valence-corrected chi connectivity index (χ1v) is 18.1. The van der Waals surface area contributed by atoms with E-state index >= 15 is 0 Å². The molecule has 0 aromatic heterocycles. The smallest absolute Gasteiger partial charge is 1.00 e. The van der Waals surface area contributed by atoms with Crippen molar-refractivity contribution >= 4 is 29.3 Å². The van der Waals surface area contributed by atoms with Gasteiger partial charge in [0.05, 0.1) is 0 Å². The fourth-order valence-corrected chi connectivity index (χ4v) is 13.3. The van der Waals surface area contributed by atoms with Crippen LogP contribution in [0.5, 0.6) is 0 Å². The Hall–Kier alpha value is -0.112. The van der Waals surface area contributed by atoms with E-state index in [2.05, 4.69) is 106 Å². The molecule has 198 valence electrons. The zero-order valence-electron chi connectivity index (χ0n) is 22.1. The van der Waals surface area contributed by atoms with Gasteiger partial charge in [0.1, 0.15) is 0 Å². The van der Waals surface area contributed by atoms with E-state index in [1.807, 2.05) is 0 Å². The monoisotopic (exact) mass is 710 g/mol. The SMILES string of the molecule is C1CCCC1.CCN1C=[N+](CC)CC1([S-])N(CC)[P](=[W])(c1ccccc1)C(C)(C)C.[C-]#[O+].[C-]#[O+].[Cl-]. The van der Waals surface area contributed by atoms with E-state index in [1.54, 1.807) is 18.8 Å². The van der Waals surface area contributed by atoms with E-state index in [1.165, 1.54) is 37.4 Å². The summed E-state index contributed by atoms with van der Waals surface area (Å²) in [6.07, 6.45) is 9.75. The van der Waals surface area contributed by atoms with Gasteiger partial charge in [0, 0.05) is 0 Å². The van der Waals surface area contributed by atoms with Crippen molar-refractivity contribution in [3.8, 4) is 0 Å². The van der Waals surface area contributed by atoms with Crippen molar-refractivity contribution in [2.24, 2.45) is 0 Å². The molecule has 1 fully saturated rings. The molecule has 0 spiro atoms. The van der Waals surface area contributed by atoms with Crippen molar-refractivity contribution in [1.29, 1.82) is 0 Å². The molecule has 0 radical (unpaired) electrons. The number of nitrogens with zero attached hydrogens (tertiary/aromatic N) is 3. The van der Waals surface area contributed by atoms with Gasteiger partial charge in [0.25, 0.3) is 0 Å². The Kier molecular flexibility index (Phi) is 19.3. The maximum Gasteiger partial charge on any atom is -1.00 e. The molecule has 5 nitrogen and oxygen atoms in total. The Morgan fingerprint density at radius 1 is 1.03 bits per heavy atom. The number of rotatable bonds is 6. The third-order valence-corrected chi connectivity index (χ3v) is 21.3. The van der Waals surface area contributed by atoms with Gasteiger partial charge in [-0.15, -0.1) is 0 Å². The quantitative estimate of drug-likeness (QED) is 0.150. The Morgan fingerprint density at radius 2 is 1.49 bits per heavy atom. The van der Waals surface area contributed by atoms with Gasteiger partial charge in [0.2, 0.25) is 0 Å². The van der Waals surface area contributed by atoms with Crippen LogP contribution in [0.15, 0.2) is 30.3 Å². The normalized spacial score (nSPS) is 20.5. The van der Waals surface area contributed by atoms with E-state index in [-0.39, 0.29) is 22.6 Å². The van der Waals surface area contributed by atoms with Crippen molar-refractivity contribution in [2.75, 3.05) is 26.2 Å². The number of benzene rings is 1. The molecule has 0 saturated heterocycles. The van der Waals surface area contributed by atoms with Crippen molar-refractivity contribution in [3.05, 3.63) is 43.6 Å². The van der Waals surface area contributed by atoms with Crippen LogP contribution in [0.4, 0.5) is 0 Å². The molecule has 1 aliphatic heterocycles. The van der Waals surface area contributed by atoms with Crippen LogP contribution in [-0.2, 0) is 40.7 Å². The Bertz CT molecular complexity index is 828. The van der Waals surface area contributed by atoms with Gasteiger partial charge in [-0.3, -0.25) is 0 Å². The summed E-state index contributed by atoms with van der Waals surface area (Å²) in [5.41, 5.74) is 0. The van der Waals surface area contributed by atoms with Gasteiger partial charge in [-0.2, -0.15) is 0 Å². The van der Waals surface area contributed by atoms with Gasteiger partial charge in [-0.1, -0.05) is 32.1 Å². The summed E-state index contributed by atoms with van der Waals surface area (Å²) in [4.78, 5) is 2.01. The summed E-state index contributed by atoms with van der Waals surface area (Å²) in [6.45, 7) is 26.7. The fraction of sp³-hybridized carbons (Fsp3) is 0.654. The van der Waals surface area contributed by atoms with Gasteiger partial charge in [-0.25, -0.2) is 0 Å². The summed E-state index contributed by atoms with van der Waals surface area (Å²) < 4.78 is 20.1. The van der Waals surface area contributed by atoms with Crippen LogP contribution in [0.1, 0.15) is 73.6 Å². The molecular weight excluding hydrogens is 669 g/mol. The van der Waals surface area contributed by atoms with Gasteiger partial charge < -0.3 is 12.4 Å². The zero-order valence-corrected chi connectivity index (χ0v) is 27.5. The van der Waals surface area contributed by atoms with Crippen LogP contribution >= 0.6 is 5.05 Å². The first-order valence-electron chi connectivity index (χ1n) is 12.1. The molecule has 2 unspecified atom stereocenters. The second-order valence-electron chi connectivity index (χ2n) is 9.27. The number of halogens is 1. The summed E-state index contributed by atoms with van der Waals surface area (Å²) in [5, 5.41) is 0.0725. The Morgan fingerprint density at radius 3 is 1.83 bits per heavy atom. The molecular formula is C26H42ClN3O2PSW-. The molecule has 0 bridgehead atoms. The number of hydrogen-bond donors (Lipinski definition) is 0. The largest absolute Gasteiger partial charge is 1.00 e. The van der Waals surface area contributed by atoms with Crippen LogP contribution in [0.2, 0.25) is 0 Å². The molecule has 9 heteroatoms. The summed E-state index contributed by atoms with van der Waals surface area (Å²) in [7, 11) is 0. The Labute approximate surface area is 236 Å². The van der Waals surface area contributed by atoms with Crippen LogP contribution in [-0.4, -0.2) is 56.8 Å². The molecule has 35 heavy (non-hydrogen) atoms. The average Bonchev–Trinajstić information content (AvgIpc) is 3.54. The average molecular weight is 711 g/mol. The van der Waals surface area contributed by atoms with E-state index in [0.29, 0.717) is 0 Å². The van der Waals surface area contributed by atoms with E-state index in [0.717, 1.165) is 26.2 Å². The zero-order chi connectivity index (χ0) is 26.4. The minimum absolute atomic E-state index is 0. The van der Waals surface area contributed by atoms with Crippen LogP contribution in [0.25, 0.3) is 0 Å². The molecule has 3 rings (SSSR count). The second-order valence-corrected chi connectivity index (χ2v) is 19.1. The predicted molar refractivity (Wildman–Crippen MR) is 140 cm³/mol. The van der Waals surface area contributed by atoms with Crippen molar-refractivity contribution in [3.63, 3.8) is 0 Å². The van der Waals surface area contributed by atoms with Crippen LogP contribution < -0.4 is 17.7 Å². The summed E-state index contributed by atoms with van der Waals surface area (Å²) >= 11 is 8.05. The maximum absolute atomic E-state index is 7.50. The van der Waals surface area contributed by atoms with Crippen molar-refractivity contribution < 1.29 is 45.1 Å². The molecule has 1 saturated carbocycles. The first-order chi connectivity index (χ1) is 16.1. The van der Waals surface area contributed by atoms with Crippen molar-refractivity contribution in [1.82, 2.24) is 9.57 Å². The molecule has 2 atom stereocenters. The van der Waals surface area contributed by atoms with Gasteiger partial charge in [0.15, 0.2) is 0 Å². The topological polar surface area (TPSA) is 49.3 Å². The van der Waals surface area contributed by atoms with Gasteiger partial charge in [-0.05, 0) is 0 Å². The summed E-state index contributed by atoms with van der Waals surface area (Å²) in [5.74, 6) is 0. The Balaban J connectivity index is 0. The number of hydrogen-bond acceptors (Lipinski definition) is 3. The third-order valence-electron chi connectivity index (χ3n) is 6.22. The predicted octanol–water partition coefficient (Wildman–Crippen LogP) is 2.30. The first kappa shape index (κ1) is 37.0. The van der Waals surface area contributed by atoms with E-state index < -0.39 is 5.05 Å². The summed E-state index contributed by atoms with van der Waals surface area (Å²) in [6, 6.07) is 11.1.